The predicted octanol–water partition coefficient (Wildman–Crippen LogP) is 2.97. The largest absolute Gasteiger partial charge is 0.380 e. The highest BCUT2D eigenvalue weighted by Gasteiger charge is 2.01. The summed E-state index contributed by atoms with van der Waals surface area (Å²) in [7, 11) is 0. The fraction of sp³-hybridized carbons (Fsp3) is 0.833. The van der Waals surface area contributed by atoms with Crippen LogP contribution >= 0.6 is 11.5 Å². The fourth-order valence-electron chi connectivity index (χ4n) is 1.30. The Kier molecular flexibility index (Phi) is 7.12. The van der Waals surface area contributed by atoms with Crippen molar-refractivity contribution < 1.29 is 4.74 Å². The Hall–Kier alpha value is -0.680. The summed E-state index contributed by atoms with van der Waals surface area (Å²) in [6.07, 6.45) is 3.18. The van der Waals surface area contributed by atoms with E-state index in [1.165, 1.54) is 11.5 Å². The van der Waals surface area contributed by atoms with Crippen LogP contribution in [0.15, 0.2) is 0 Å². The van der Waals surface area contributed by atoms with Gasteiger partial charge in [0.1, 0.15) is 5.82 Å². The second-order valence-corrected chi connectivity index (χ2v) is 5.24. The van der Waals surface area contributed by atoms with E-state index in [1.807, 2.05) is 0 Å². The van der Waals surface area contributed by atoms with Gasteiger partial charge in [0.05, 0.1) is 6.61 Å². The van der Waals surface area contributed by atoms with Crippen molar-refractivity contribution in [2.24, 2.45) is 5.92 Å². The van der Waals surface area contributed by atoms with Crippen LogP contribution in [-0.4, -0.2) is 29.1 Å². The van der Waals surface area contributed by atoms with Crippen molar-refractivity contribution in [3.8, 4) is 0 Å². The Morgan fingerprint density at radius 3 is 2.88 bits per heavy atom. The van der Waals surface area contributed by atoms with E-state index in [2.05, 4.69) is 35.4 Å². The molecular weight excluding hydrogens is 234 g/mol. The van der Waals surface area contributed by atoms with Crippen molar-refractivity contribution in [3.63, 3.8) is 0 Å². The third-order valence-electron chi connectivity index (χ3n) is 2.30. The summed E-state index contributed by atoms with van der Waals surface area (Å²) in [6, 6.07) is 0. The first-order valence-electron chi connectivity index (χ1n) is 6.36. The van der Waals surface area contributed by atoms with E-state index in [4.69, 9.17) is 4.74 Å². The lowest BCUT2D eigenvalue weighted by Crippen LogP contribution is -2.10. The second-order valence-electron chi connectivity index (χ2n) is 4.49. The van der Waals surface area contributed by atoms with Crippen LogP contribution in [0, 0.1) is 5.92 Å². The van der Waals surface area contributed by atoms with Gasteiger partial charge in [-0.15, -0.1) is 0 Å². The Balaban J connectivity index is 2.05. The molecule has 0 aromatic carbocycles. The van der Waals surface area contributed by atoms with Gasteiger partial charge in [0.2, 0.25) is 5.13 Å². The van der Waals surface area contributed by atoms with Crippen LogP contribution in [0.4, 0.5) is 5.13 Å². The summed E-state index contributed by atoms with van der Waals surface area (Å²) in [5.41, 5.74) is 0. The van der Waals surface area contributed by atoms with E-state index in [-0.39, 0.29) is 0 Å². The van der Waals surface area contributed by atoms with Gasteiger partial charge >= 0.3 is 0 Å². The van der Waals surface area contributed by atoms with Crippen LogP contribution in [0.25, 0.3) is 0 Å². The van der Waals surface area contributed by atoms with E-state index in [0.29, 0.717) is 5.92 Å². The Bertz CT molecular complexity index is 302. The maximum Gasteiger partial charge on any atom is 0.202 e. The van der Waals surface area contributed by atoms with Gasteiger partial charge in [-0.25, -0.2) is 4.98 Å². The molecule has 0 atom stereocenters. The van der Waals surface area contributed by atoms with Gasteiger partial charge in [-0.2, -0.15) is 4.37 Å². The number of aryl methyl sites for hydroxylation is 1. The molecule has 0 saturated heterocycles. The molecule has 0 aliphatic rings. The third kappa shape index (κ3) is 6.58. The highest BCUT2D eigenvalue weighted by molar-refractivity contribution is 7.09. The van der Waals surface area contributed by atoms with Crippen LogP contribution in [0.5, 0.6) is 0 Å². The molecule has 1 aromatic heterocycles. The molecule has 1 N–H and O–H groups in total. The molecule has 0 spiro atoms. The minimum Gasteiger partial charge on any atom is -0.380 e. The number of nitrogens with one attached hydrogen (secondary N) is 1. The molecule has 1 rings (SSSR count). The molecule has 0 bridgehead atoms. The maximum atomic E-state index is 5.51. The SMILES string of the molecule is CCCc1nsc(NCCOCCC(C)C)n1. The normalized spacial score (nSPS) is 11.1. The van der Waals surface area contributed by atoms with E-state index in [1.54, 1.807) is 0 Å². The van der Waals surface area contributed by atoms with Crippen molar-refractivity contribution in [1.29, 1.82) is 0 Å². The highest BCUT2D eigenvalue weighted by Crippen LogP contribution is 2.11. The van der Waals surface area contributed by atoms with Crippen molar-refractivity contribution in [3.05, 3.63) is 5.82 Å². The summed E-state index contributed by atoms with van der Waals surface area (Å²) in [5, 5.41) is 4.14. The molecule has 17 heavy (non-hydrogen) atoms. The molecule has 0 amide bonds. The standard InChI is InChI=1S/C12H23N3OS/c1-4-5-11-14-12(17-15-11)13-7-9-16-8-6-10(2)3/h10H,4-9H2,1-3H3,(H,13,14,15). The lowest BCUT2D eigenvalue weighted by atomic mass is 10.1. The maximum absolute atomic E-state index is 5.51. The molecule has 0 aliphatic carbocycles. The van der Waals surface area contributed by atoms with Gasteiger partial charge in [-0.1, -0.05) is 20.8 Å². The number of rotatable bonds is 9. The zero-order valence-corrected chi connectivity index (χ0v) is 11.8. The van der Waals surface area contributed by atoms with Crippen molar-refractivity contribution in [2.75, 3.05) is 25.1 Å². The summed E-state index contributed by atoms with van der Waals surface area (Å²) in [6.45, 7) is 8.93. The van der Waals surface area contributed by atoms with Crippen molar-refractivity contribution >= 4 is 16.7 Å². The summed E-state index contributed by atoms with van der Waals surface area (Å²) in [4.78, 5) is 4.39. The first-order valence-corrected chi connectivity index (χ1v) is 7.14. The molecule has 0 aliphatic heterocycles. The quantitative estimate of drug-likeness (QED) is 0.691. The molecule has 1 heterocycles. The number of hydrogen-bond donors (Lipinski definition) is 1. The first kappa shape index (κ1) is 14.4. The first-order chi connectivity index (χ1) is 8.22. The van der Waals surface area contributed by atoms with E-state index >= 15 is 0 Å². The molecule has 0 radical (unpaired) electrons. The van der Waals surface area contributed by atoms with Crippen LogP contribution in [0.1, 0.15) is 39.4 Å². The van der Waals surface area contributed by atoms with Crippen LogP contribution in [0.2, 0.25) is 0 Å². The van der Waals surface area contributed by atoms with Gasteiger partial charge in [0.25, 0.3) is 0 Å². The molecule has 0 saturated carbocycles. The highest BCUT2D eigenvalue weighted by atomic mass is 32.1. The van der Waals surface area contributed by atoms with Crippen LogP contribution in [-0.2, 0) is 11.2 Å². The van der Waals surface area contributed by atoms with Gasteiger partial charge < -0.3 is 10.1 Å². The van der Waals surface area contributed by atoms with Gasteiger partial charge in [0, 0.05) is 31.1 Å². The van der Waals surface area contributed by atoms with E-state index in [0.717, 1.165) is 50.0 Å². The van der Waals surface area contributed by atoms with Gasteiger partial charge in [0.15, 0.2) is 0 Å². The van der Waals surface area contributed by atoms with Gasteiger partial charge in [-0.3, -0.25) is 0 Å². The minimum absolute atomic E-state index is 0.711. The smallest absolute Gasteiger partial charge is 0.202 e. The molecular formula is C12H23N3OS. The lowest BCUT2D eigenvalue weighted by molar-refractivity contribution is 0.132. The number of ether oxygens (including phenoxy) is 1. The number of aromatic nitrogens is 2. The number of anilines is 1. The molecule has 1 aromatic rings. The Morgan fingerprint density at radius 1 is 1.35 bits per heavy atom. The predicted molar refractivity (Wildman–Crippen MR) is 72.7 cm³/mol. The lowest BCUT2D eigenvalue weighted by Gasteiger charge is -2.06. The molecule has 5 heteroatoms. The fourth-order valence-corrected chi connectivity index (χ4v) is 1.94. The third-order valence-corrected chi connectivity index (χ3v) is 3.01. The van der Waals surface area contributed by atoms with Crippen molar-refractivity contribution in [2.45, 2.75) is 40.0 Å². The average Bonchev–Trinajstić information content (AvgIpc) is 2.71. The van der Waals surface area contributed by atoms with Crippen LogP contribution < -0.4 is 5.32 Å². The average molecular weight is 257 g/mol. The van der Waals surface area contributed by atoms with Gasteiger partial charge in [-0.05, 0) is 18.8 Å². The molecule has 4 nitrogen and oxygen atoms in total. The molecule has 98 valence electrons. The Labute approximate surface area is 108 Å². The minimum atomic E-state index is 0.711. The second kappa shape index (κ2) is 8.42. The molecule has 0 fully saturated rings. The zero-order valence-electron chi connectivity index (χ0n) is 11.0. The zero-order chi connectivity index (χ0) is 12.5. The number of nitrogens with zero attached hydrogens (tertiary/aromatic N) is 2. The summed E-state index contributed by atoms with van der Waals surface area (Å²) in [5.74, 6) is 1.66. The number of hydrogen-bond acceptors (Lipinski definition) is 5. The monoisotopic (exact) mass is 257 g/mol. The Morgan fingerprint density at radius 2 is 2.18 bits per heavy atom. The van der Waals surface area contributed by atoms with E-state index < -0.39 is 0 Å². The summed E-state index contributed by atoms with van der Waals surface area (Å²) >= 11 is 1.43. The topological polar surface area (TPSA) is 47.0 Å². The van der Waals surface area contributed by atoms with Crippen LogP contribution in [0.3, 0.4) is 0 Å². The molecule has 0 unspecified atom stereocenters. The summed E-state index contributed by atoms with van der Waals surface area (Å²) < 4.78 is 9.79. The van der Waals surface area contributed by atoms with Crippen molar-refractivity contribution in [1.82, 2.24) is 9.36 Å². The van der Waals surface area contributed by atoms with E-state index in [9.17, 15) is 0 Å².